The lowest BCUT2D eigenvalue weighted by atomic mass is 9.92. The highest BCUT2D eigenvalue weighted by Crippen LogP contribution is 2.24. The summed E-state index contributed by atoms with van der Waals surface area (Å²) in [5.74, 6) is 0.836. The summed E-state index contributed by atoms with van der Waals surface area (Å²) in [6.07, 6.45) is 4.47. The molecule has 2 aromatic rings. The molecule has 6 nitrogen and oxygen atoms in total. The lowest BCUT2D eigenvalue weighted by molar-refractivity contribution is 0.0922. The van der Waals surface area contributed by atoms with Crippen LogP contribution in [0.15, 0.2) is 18.5 Å². The number of fused-ring (bicyclic) bond motifs is 1. The standard InChI is InChI=1S/C15H24N4O2/c1-15(2,3)13-11-12-14(17-6-7-19(12)18-13)16-5-4-9-21-10-8-20/h6-7,11,20H,4-5,8-10H2,1-3H3,(H,16,17). The first kappa shape index (κ1) is 15.7. The first-order valence-corrected chi connectivity index (χ1v) is 7.30. The molecule has 116 valence electrons. The van der Waals surface area contributed by atoms with E-state index in [2.05, 4.69) is 42.2 Å². The van der Waals surface area contributed by atoms with Gasteiger partial charge in [-0.1, -0.05) is 20.8 Å². The molecule has 0 unspecified atom stereocenters. The summed E-state index contributed by atoms with van der Waals surface area (Å²) in [7, 11) is 0. The molecule has 21 heavy (non-hydrogen) atoms. The van der Waals surface area contributed by atoms with Gasteiger partial charge in [-0.25, -0.2) is 9.50 Å². The number of rotatable bonds is 7. The summed E-state index contributed by atoms with van der Waals surface area (Å²) in [5, 5.41) is 16.5. The predicted molar refractivity (Wildman–Crippen MR) is 82.7 cm³/mol. The molecular weight excluding hydrogens is 268 g/mol. The average molecular weight is 292 g/mol. The summed E-state index contributed by atoms with van der Waals surface area (Å²) in [4.78, 5) is 4.38. The van der Waals surface area contributed by atoms with Crippen LogP contribution in [0.4, 0.5) is 5.82 Å². The van der Waals surface area contributed by atoms with Crippen molar-refractivity contribution >= 4 is 11.3 Å². The molecule has 0 bridgehead atoms. The summed E-state index contributed by atoms with van der Waals surface area (Å²) in [6, 6.07) is 2.08. The van der Waals surface area contributed by atoms with Gasteiger partial charge < -0.3 is 15.2 Å². The van der Waals surface area contributed by atoms with E-state index in [1.165, 1.54) is 0 Å². The van der Waals surface area contributed by atoms with Crippen LogP contribution >= 0.6 is 0 Å². The second-order valence-corrected chi connectivity index (χ2v) is 6.00. The Balaban J connectivity index is 2.01. The first-order chi connectivity index (χ1) is 10.0. The van der Waals surface area contributed by atoms with E-state index >= 15 is 0 Å². The van der Waals surface area contributed by atoms with Crippen molar-refractivity contribution in [3.05, 3.63) is 24.2 Å². The van der Waals surface area contributed by atoms with E-state index in [1.54, 1.807) is 6.20 Å². The van der Waals surface area contributed by atoms with Crippen LogP contribution in [0.25, 0.3) is 5.52 Å². The second kappa shape index (κ2) is 6.87. The van der Waals surface area contributed by atoms with Crippen molar-refractivity contribution < 1.29 is 9.84 Å². The summed E-state index contributed by atoms with van der Waals surface area (Å²) in [5.41, 5.74) is 2.05. The Morgan fingerprint density at radius 3 is 2.86 bits per heavy atom. The minimum absolute atomic E-state index is 0.0153. The number of hydrogen-bond donors (Lipinski definition) is 2. The number of nitrogens with zero attached hydrogens (tertiary/aromatic N) is 3. The second-order valence-electron chi connectivity index (χ2n) is 6.00. The van der Waals surface area contributed by atoms with Crippen molar-refractivity contribution in [2.45, 2.75) is 32.6 Å². The lowest BCUT2D eigenvalue weighted by Crippen LogP contribution is -2.11. The van der Waals surface area contributed by atoms with Gasteiger partial charge in [0, 0.05) is 31.0 Å². The van der Waals surface area contributed by atoms with Gasteiger partial charge in [0.2, 0.25) is 0 Å². The smallest absolute Gasteiger partial charge is 0.152 e. The molecule has 0 saturated heterocycles. The molecule has 2 rings (SSSR count). The predicted octanol–water partition coefficient (Wildman–Crippen LogP) is 1.84. The number of anilines is 1. The van der Waals surface area contributed by atoms with Gasteiger partial charge >= 0.3 is 0 Å². The highest BCUT2D eigenvalue weighted by Gasteiger charge is 2.18. The van der Waals surface area contributed by atoms with Gasteiger partial charge in [-0.3, -0.25) is 0 Å². The molecule has 2 N–H and O–H groups in total. The molecule has 0 aliphatic heterocycles. The van der Waals surface area contributed by atoms with Gasteiger partial charge in [0.15, 0.2) is 5.82 Å². The molecular formula is C15H24N4O2. The number of aromatic nitrogens is 3. The summed E-state index contributed by atoms with van der Waals surface area (Å²) < 4.78 is 7.09. The van der Waals surface area contributed by atoms with E-state index in [9.17, 15) is 0 Å². The van der Waals surface area contributed by atoms with Gasteiger partial charge in [0.25, 0.3) is 0 Å². The van der Waals surface area contributed by atoms with Crippen LogP contribution in [0.3, 0.4) is 0 Å². The van der Waals surface area contributed by atoms with Gasteiger partial charge in [-0.05, 0) is 12.5 Å². The molecule has 0 saturated carbocycles. The van der Waals surface area contributed by atoms with Crippen LogP contribution in [0.2, 0.25) is 0 Å². The molecule has 0 radical (unpaired) electrons. The Kier molecular flexibility index (Phi) is 5.14. The van der Waals surface area contributed by atoms with Crippen molar-refractivity contribution in [1.29, 1.82) is 0 Å². The van der Waals surface area contributed by atoms with Crippen LogP contribution in [0.5, 0.6) is 0 Å². The topological polar surface area (TPSA) is 71.7 Å². The van der Waals surface area contributed by atoms with Crippen LogP contribution < -0.4 is 5.32 Å². The molecule has 0 fully saturated rings. The Labute approximate surface area is 125 Å². The number of nitrogens with one attached hydrogen (secondary N) is 1. The average Bonchev–Trinajstić information content (AvgIpc) is 2.87. The summed E-state index contributed by atoms with van der Waals surface area (Å²) >= 11 is 0. The molecule has 0 amide bonds. The maximum Gasteiger partial charge on any atom is 0.152 e. The van der Waals surface area contributed by atoms with Crippen molar-refractivity contribution in [2.75, 3.05) is 31.7 Å². The van der Waals surface area contributed by atoms with E-state index in [0.717, 1.165) is 30.0 Å². The van der Waals surface area contributed by atoms with Gasteiger partial charge in [-0.15, -0.1) is 0 Å². The fourth-order valence-electron chi connectivity index (χ4n) is 1.97. The van der Waals surface area contributed by atoms with Gasteiger partial charge in [-0.2, -0.15) is 5.10 Å². The van der Waals surface area contributed by atoms with Crippen LogP contribution in [0.1, 0.15) is 32.9 Å². The number of aliphatic hydroxyl groups excluding tert-OH is 1. The maximum atomic E-state index is 8.63. The van der Waals surface area contributed by atoms with Gasteiger partial charge in [0.1, 0.15) is 5.52 Å². The number of ether oxygens (including phenoxy) is 1. The highest BCUT2D eigenvalue weighted by molar-refractivity contribution is 5.68. The highest BCUT2D eigenvalue weighted by atomic mass is 16.5. The first-order valence-electron chi connectivity index (χ1n) is 7.30. The lowest BCUT2D eigenvalue weighted by Gasteiger charge is -2.13. The van der Waals surface area contributed by atoms with Crippen molar-refractivity contribution in [3.8, 4) is 0 Å². The largest absolute Gasteiger partial charge is 0.394 e. The fraction of sp³-hybridized carbons (Fsp3) is 0.600. The van der Waals surface area contributed by atoms with E-state index in [1.807, 2.05) is 10.7 Å². The van der Waals surface area contributed by atoms with Crippen molar-refractivity contribution in [2.24, 2.45) is 0 Å². The molecule has 0 aliphatic carbocycles. The van der Waals surface area contributed by atoms with Crippen molar-refractivity contribution in [3.63, 3.8) is 0 Å². The summed E-state index contributed by atoms with van der Waals surface area (Å²) in [6.45, 7) is 8.30. The third kappa shape index (κ3) is 4.15. The molecule has 2 heterocycles. The van der Waals surface area contributed by atoms with E-state index < -0.39 is 0 Å². The van der Waals surface area contributed by atoms with Crippen LogP contribution in [-0.4, -0.2) is 46.1 Å². The Hall–Kier alpha value is -1.66. The Morgan fingerprint density at radius 1 is 1.33 bits per heavy atom. The third-order valence-electron chi connectivity index (χ3n) is 3.15. The van der Waals surface area contributed by atoms with E-state index in [0.29, 0.717) is 13.2 Å². The van der Waals surface area contributed by atoms with E-state index in [4.69, 9.17) is 9.84 Å². The van der Waals surface area contributed by atoms with Crippen LogP contribution in [0, 0.1) is 0 Å². The maximum absolute atomic E-state index is 8.63. The Bertz CT molecular complexity index is 575. The zero-order valence-corrected chi connectivity index (χ0v) is 13.0. The zero-order valence-electron chi connectivity index (χ0n) is 13.0. The third-order valence-corrected chi connectivity index (χ3v) is 3.15. The fourth-order valence-corrected chi connectivity index (χ4v) is 1.97. The SMILES string of the molecule is CC(C)(C)c1cc2c(NCCCOCCO)nccn2n1. The quantitative estimate of drug-likeness (QED) is 0.762. The van der Waals surface area contributed by atoms with E-state index in [-0.39, 0.29) is 12.0 Å². The zero-order chi connectivity index (χ0) is 15.3. The molecule has 0 spiro atoms. The minimum atomic E-state index is 0.0153. The molecule has 0 atom stereocenters. The number of hydrogen-bond acceptors (Lipinski definition) is 5. The normalized spacial score (nSPS) is 12.0. The molecule has 0 aliphatic rings. The van der Waals surface area contributed by atoms with Gasteiger partial charge in [0.05, 0.1) is 18.9 Å². The van der Waals surface area contributed by atoms with Crippen molar-refractivity contribution in [1.82, 2.24) is 14.6 Å². The molecule has 0 aromatic carbocycles. The molecule has 2 aromatic heterocycles. The molecule has 6 heteroatoms. The number of aliphatic hydroxyl groups is 1. The Morgan fingerprint density at radius 2 is 2.14 bits per heavy atom. The van der Waals surface area contributed by atoms with Crippen LogP contribution in [-0.2, 0) is 10.2 Å². The minimum Gasteiger partial charge on any atom is -0.394 e. The monoisotopic (exact) mass is 292 g/mol.